The summed E-state index contributed by atoms with van der Waals surface area (Å²) >= 11 is 0. The molecule has 4 heteroatoms. The summed E-state index contributed by atoms with van der Waals surface area (Å²) in [5.74, 6) is 1.19. The van der Waals surface area contributed by atoms with Crippen LogP contribution in [0.25, 0.3) is 0 Å². The van der Waals surface area contributed by atoms with Crippen molar-refractivity contribution in [2.45, 2.75) is 6.04 Å². The third kappa shape index (κ3) is 1.79. The molecule has 1 aromatic carbocycles. The highest BCUT2D eigenvalue weighted by molar-refractivity contribution is 5.73. The molecule has 0 aromatic heterocycles. The molecule has 78 valence electrons. The van der Waals surface area contributed by atoms with Gasteiger partial charge in [0.15, 0.2) is 0 Å². The third-order valence-corrected chi connectivity index (χ3v) is 2.26. The van der Waals surface area contributed by atoms with Crippen LogP contribution >= 0.6 is 0 Å². The molecule has 4 nitrogen and oxygen atoms in total. The Morgan fingerprint density at radius 3 is 2.53 bits per heavy atom. The minimum atomic E-state index is -0.458. The number of ether oxygens (including phenoxy) is 2. The molecule has 2 rings (SSSR count). The predicted octanol–water partition coefficient (Wildman–Crippen LogP) is 1.99. The number of benzene rings is 1. The van der Waals surface area contributed by atoms with Gasteiger partial charge in [-0.2, -0.15) is 0 Å². The number of hydrogen-bond donors (Lipinski definition) is 1. The molecule has 1 aliphatic heterocycles. The first-order valence-corrected chi connectivity index (χ1v) is 4.52. The van der Waals surface area contributed by atoms with Crippen LogP contribution in [0.3, 0.4) is 0 Å². The molecule has 1 fully saturated rings. The van der Waals surface area contributed by atoms with Gasteiger partial charge in [0.1, 0.15) is 17.6 Å². The van der Waals surface area contributed by atoms with Crippen LogP contribution in [0.1, 0.15) is 11.6 Å². The number of methoxy groups -OCH3 is 1. The number of amides is 1. The summed E-state index contributed by atoms with van der Waals surface area (Å²) in [6, 6.07) is 7.12. The molecule has 0 aliphatic carbocycles. The highest BCUT2D eigenvalue weighted by Gasteiger charge is 2.28. The molecule has 0 spiro atoms. The van der Waals surface area contributed by atoms with Crippen molar-refractivity contribution in [3.63, 3.8) is 0 Å². The summed E-state index contributed by atoms with van der Waals surface area (Å²) in [7, 11) is 1.61. The van der Waals surface area contributed by atoms with E-state index >= 15 is 0 Å². The fourth-order valence-corrected chi connectivity index (χ4v) is 1.47. The first-order valence-electron chi connectivity index (χ1n) is 4.52. The maximum absolute atomic E-state index is 10.9. The highest BCUT2D eigenvalue weighted by atomic mass is 16.6. The van der Waals surface area contributed by atoms with Crippen LogP contribution in [-0.4, -0.2) is 13.2 Å². The lowest BCUT2D eigenvalue weighted by molar-refractivity contribution is 0.195. The van der Waals surface area contributed by atoms with Gasteiger partial charge in [-0.15, -0.1) is 0 Å². The maximum atomic E-state index is 10.9. The minimum absolute atomic E-state index is 0.261. The average Bonchev–Trinajstić information content (AvgIpc) is 2.58. The zero-order valence-electron chi connectivity index (χ0n) is 8.32. The van der Waals surface area contributed by atoms with E-state index in [0.717, 1.165) is 11.3 Å². The number of cyclic esters (lactones) is 1. The summed E-state index contributed by atoms with van der Waals surface area (Å²) in [5, 5.41) is 2.66. The second-order valence-corrected chi connectivity index (χ2v) is 3.21. The molecule has 0 bridgehead atoms. The molecule has 1 atom stereocenters. The van der Waals surface area contributed by atoms with Crippen LogP contribution in [0.15, 0.2) is 36.6 Å². The van der Waals surface area contributed by atoms with Gasteiger partial charge in [0.25, 0.3) is 0 Å². The van der Waals surface area contributed by atoms with Crippen molar-refractivity contribution in [1.82, 2.24) is 5.32 Å². The van der Waals surface area contributed by atoms with Gasteiger partial charge in [-0.3, -0.25) is 0 Å². The Balaban J connectivity index is 2.22. The van der Waals surface area contributed by atoms with Crippen LogP contribution in [0, 0.1) is 0 Å². The third-order valence-electron chi connectivity index (χ3n) is 2.26. The fraction of sp³-hybridized carbons (Fsp3) is 0.182. The molecule has 0 radical (unpaired) electrons. The van der Waals surface area contributed by atoms with Crippen LogP contribution in [-0.2, 0) is 4.74 Å². The second-order valence-electron chi connectivity index (χ2n) is 3.21. The average molecular weight is 205 g/mol. The zero-order valence-corrected chi connectivity index (χ0v) is 8.32. The Kier molecular flexibility index (Phi) is 2.33. The van der Waals surface area contributed by atoms with Crippen molar-refractivity contribution in [2.75, 3.05) is 7.11 Å². The summed E-state index contributed by atoms with van der Waals surface area (Å²) in [6.45, 7) is 3.67. The lowest BCUT2D eigenvalue weighted by Crippen LogP contribution is -2.17. The molecule has 1 aliphatic rings. The molecule has 1 aromatic rings. The van der Waals surface area contributed by atoms with E-state index < -0.39 is 6.09 Å². The van der Waals surface area contributed by atoms with Gasteiger partial charge in [-0.1, -0.05) is 18.7 Å². The van der Waals surface area contributed by atoms with Crippen molar-refractivity contribution in [1.29, 1.82) is 0 Å². The lowest BCUT2D eigenvalue weighted by Gasteiger charge is -2.09. The van der Waals surface area contributed by atoms with Crippen LogP contribution in [0.2, 0.25) is 0 Å². The standard InChI is InChI=1S/C11H11NO3/c1-7-10(12-11(13)15-7)8-3-5-9(14-2)6-4-8/h3-6,10H,1H2,2H3,(H,12,13)/t10-/m0/s1. The quantitative estimate of drug-likeness (QED) is 0.803. The van der Waals surface area contributed by atoms with E-state index in [4.69, 9.17) is 9.47 Å². The normalized spacial score (nSPS) is 19.7. The van der Waals surface area contributed by atoms with Gasteiger partial charge < -0.3 is 14.8 Å². The molecule has 15 heavy (non-hydrogen) atoms. The van der Waals surface area contributed by atoms with E-state index in [1.54, 1.807) is 7.11 Å². The number of nitrogens with one attached hydrogen (secondary N) is 1. The largest absolute Gasteiger partial charge is 0.497 e. The van der Waals surface area contributed by atoms with E-state index in [9.17, 15) is 4.79 Å². The number of carbonyl (C=O) groups is 1. The first kappa shape index (κ1) is 9.58. The van der Waals surface area contributed by atoms with Crippen LogP contribution in [0.5, 0.6) is 5.75 Å². The topological polar surface area (TPSA) is 47.6 Å². The summed E-state index contributed by atoms with van der Waals surface area (Å²) < 4.78 is 9.85. The Hall–Kier alpha value is -1.97. The Morgan fingerprint density at radius 2 is 2.07 bits per heavy atom. The van der Waals surface area contributed by atoms with Crippen molar-refractivity contribution in [3.8, 4) is 5.75 Å². The van der Waals surface area contributed by atoms with E-state index in [-0.39, 0.29) is 6.04 Å². The molecule has 1 amide bonds. The van der Waals surface area contributed by atoms with Gasteiger partial charge in [0.05, 0.1) is 7.11 Å². The molecule has 0 unspecified atom stereocenters. The van der Waals surface area contributed by atoms with Crippen molar-refractivity contribution < 1.29 is 14.3 Å². The van der Waals surface area contributed by atoms with E-state index in [2.05, 4.69) is 11.9 Å². The van der Waals surface area contributed by atoms with Gasteiger partial charge in [0, 0.05) is 0 Å². The SMILES string of the molecule is C=C1OC(=O)N[C@@H]1c1ccc(OC)cc1. The summed E-state index contributed by atoms with van der Waals surface area (Å²) in [5.41, 5.74) is 0.923. The number of rotatable bonds is 2. The minimum Gasteiger partial charge on any atom is -0.497 e. The Labute approximate surface area is 87.5 Å². The van der Waals surface area contributed by atoms with Gasteiger partial charge in [-0.25, -0.2) is 4.79 Å². The maximum Gasteiger partial charge on any atom is 0.413 e. The van der Waals surface area contributed by atoms with E-state index in [1.807, 2.05) is 24.3 Å². The van der Waals surface area contributed by atoms with Crippen LogP contribution < -0.4 is 10.1 Å². The van der Waals surface area contributed by atoms with E-state index in [1.165, 1.54) is 0 Å². The number of alkyl carbamates (subject to hydrolysis) is 1. The van der Waals surface area contributed by atoms with Crippen LogP contribution in [0.4, 0.5) is 4.79 Å². The predicted molar refractivity (Wildman–Crippen MR) is 54.5 cm³/mol. The number of hydrogen-bond acceptors (Lipinski definition) is 3. The van der Waals surface area contributed by atoms with Gasteiger partial charge in [-0.05, 0) is 17.7 Å². The lowest BCUT2D eigenvalue weighted by atomic mass is 10.1. The molecule has 1 saturated heterocycles. The Morgan fingerprint density at radius 1 is 1.40 bits per heavy atom. The van der Waals surface area contributed by atoms with Gasteiger partial charge in [0.2, 0.25) is 0 Å². The smallest absolute Gasteiger partial charge is 0.413 e. The molecule has 0 saturated carbocycles. The summed E-state index contributed by atoms with van der Waals surface area (Å²) in [4.78, 5) is 10.9. The van der Waals surface area contributed by atoms with E-state index in [0.29, 0.717) is 5.76 Å². The fourth-order valence-electron chi connectivity index (χ4n) is 1.47. The summed E-state index contributed by atoms with van der Waals surface area (Å²) in [6.07, 6.45) is -0.458. The molecule has 1 heterocycles. The monoisotopic (exact) mass is 205 g/mol. The molecule has 1 N–H and O–H groups in total. The molecular formula is C11H11NO3. The molecular weight excluding hydrogens is 194 g/mol. The zero-order chi connectivity index (χ0) is 10.8. The van der Waals surface area contributed by atoms with Crippen molar-refractivity contribution >= 4 is 6.09 Å². The van der Waals surface area contributed by atoms with Crippen molar-refractivity contribution in [3.05, 3.63) is 42.2 Å². The Bertz CT molecular complexity index is 397. The van der Waals surface area contributed by atoms with Gasteiger partial charge >= 0.3 is 6.09 Å². The first-order chi connectivity index (χ1) is 7.20. The highest BCUT2D eigenvalue weighted by Crippen LogP contribution is 2.27. The van der Waals surface area contributed by atoms with Crippen molar-refractivity contribution in [2.24, 2.45) is 0 Å². The second kappa shape index (κ2) is 3.65. The number of carbonyl (C=O) groups excluding carboxylic acids is 1.